The number of hydrogen-bond acceptors (Lipinski definition) is 8. The molecule has 0 bridgehead atoms. The highest BCUT2D eigenvalue weighted by molar-refractivity contribution is 5.88. The van der Waals surface area contributed by atoms with Gasteiger partial charge < -0.3 is 18.9 Å². The molecule has 1 aliphatic rings. The van der Waals surface area contributed by atoms with E-state index in [0.29, 0.717) is 37.9 Å². The van der Waals surface area contributed by atoms with Crippen LogP contribution >= 0.6 is 0 Å². The summed E-state index contributed by atoms with van der Waals surface area (Å²) in [5.41, 5.74) is 4.80. The van der Waals surface area contributed by atoms with Crippen molar-refractivity contribution in [3.63, 3.8) is 0 Å². The van der Waals surface area contributed by atoms with Gasteiger partial charge in [0, 0.05) is 31.6 Å². The molecule has 2 aromatic heterocycles. The van der Waals surface area contributed by atoms with E-state index in [1.165, 1.54) is 0 Å². The van der Waals surface area contributed by atoms with E-state index < -0.39 is 5.91 Å². The standard InChI is InChI=1S/C21H26N6O4/c1-2-26-14-22-19-18(23-21(24-20(19)26)27-8-11-30-12-9-27)15-5-3-6-16(13-15)31-10-4-7-17(28)25-29/h3,5-6,13-14,29H,2,4,7-12H2,1H3,(H,25,28). The molecule has 0 unspecified atom stereocenters. The number of amides is 1. The molecule has 1 aromatic carbocycles. The average Bonchev–Trinajstić information content (AvgIpc) is 3.25. The number of morpholine rings is 1. The van der Waals surface area contributed by atoms with Crippen LogP contribution in [0.5, 0.6) is 5.75 Å². The van der Waals surface area contributed by atoms with Gasteiger partial charge in [-0.25, -0.2) is 15.4 Å². The number of fused-ring (bicyclic) bond motifs is 1. The number of rotatable bonds is 8. The van der Waals surface area contributed by atoms with Crippen molar-refractivity contribution in [3.05, 3.63) is 30.6 Å². The van der Waals surface area contributed by atoms with Gasteiger partial charge in [-0.05, 0) is 25.5 Å². The summed E-state index contributed by atoms with van der Waals surface area (Å²) in [4.78, 5) is 27.5. The average molecular weight is 426 g/mol. The van der Waals surface area contributed by atoms with Crippen molar-refractivity contribution < 1.29 is 19.5 Å². The van der Waals surface area contributed by atoms with Gasteiger partial charge in [-0.3, -0.25) is 10.0 Å². The van der Waals surface area contributed by atoms with Crippen LogP contribution in [0.15, 0.2) is 30.6 Å². The molecule has 1 aliphatic heterocycles. The van der Waals surface area contributed by atoms with Crippen molar-refractivity contribution in [1.82, 2.24) is 25.0 Å². The second-order valence-corrected chi connectivity index (χ2v) is 7.19. The Kier molecular flexibility index (Phi) is 6.58. The minimum atomic E-state index is -0.428. The van der Waals surface area contributed by atoms with Gasteiger partial charge in [0.25, 0.3) is 0 Å². The van der Waals surface area contributed by atoms with Gasteiger partial charge in [0.2, 0.25) is 11.9 Å². The molecular weight excluding hydrogens is 400 g/mol. The molecule has 2 N–H and O–H groups in total. The molecule has 1 saturated heterocycles. The van der Waals surface area contributed by atoms with Gasteiger partial charge >= 0.3 is 0 Å². The molecule has 0 radical (unpaired) electrons. The Morgan fingerprint density at radius 3 is 2.90 bits per heavy atom. The van der Waals surface area contributed by atoms with E-state index in [4.69, 9.17) is 24.6 Å². The van der Waals surface area contributed by atoms with Crippen LogP contribution in [0.4, 0.5) is 5.95 Å². The van der Waals surface area contributed by atoms with Crippen LogP contribution in [0.3, 0.4) is 0 Å². The van der Waals surface area contributed by atoms with Crippen LogP contribution in [0.1, 0.15) is 19.8 Å². The topological polar surface area (TPSA) is 115 Å². The molecule has 1 amide bonds. The number of hydrogen-bond donors (Lipinski definition) is 2. The van der Waals surface area contributed by atoms with Gasteiger partial charge in [-0.15, -0.1) is 0 Å². The normalized spacial score (nSPS) is 14.1. The van der Waals surface area contributed by atoms with Gasteiger partial charge in [0.15, 0.2) is 5.65 Å². The lowest BCUT2D eigenvalue weighted by atomic mass is 10.1. The maximum atomic E-state index is 11.1. The smallest absolute Gasteiger partial charge is 0.243 e. The molecule has 4 rings (SSSR count). The Morgan fingerprint density at radius 2 is 2.13 bits per heavy atom. The third-order valence-electron chi connectivity index (χ3n) is 5.14. The van der Waals surface area contributed by atoms with Gasteiger partial charge in [0.1, 0.15) is 17.0 Å². The van der Waals surface area contributed by atoms with Crippen molar-refractivity contribution in [2.24, 2.45) is 0 Å². The van der Waals surface area contributed by atoms with Crippen molar-refractivity contribution in [2.45, 2.75) is 26.3 Å². The molecular formula is C21H26N6O4. The van der Waals surface area contributed by atoms with Crippen LogP contribution in [0, 0.1) is 0 Å². The second kappa shape index (κ2) is 9.71. The predicted octanol–water partition coefficient (Wildman–Crippen LogP) is 2.01. The van der Waals surface area contributed by atoms with E-state index in [1.54, 1.807) is 11.8 Å². The first-order valence-corrected chi connectivity index (χ1v) is 10.4. The van der Waals surface area contributed by atoms with Crippen LogP contribution in [-0.4, -0.2) is 63.5 Å². The Morgan fingerprint density at radius 1 is 1.29 bits per heavy atom. The monoisotopic (exact) mass is 426 g/mol. The third kappa shape index (κ3) is 4.75. The minimum absolute atomic E-state index is 0.195. The number of carbonyl (C=O) groups is 1. The van der Waals surface area contributed by atoms with E-state index in [-0.39, 0.29) is 6.42 Å². The summed E-state index contributed by atoms with van der Waals surface area (Å²) >= 11 is 0. The largest absolute Gasteiger partial charge is 0.494 e. The summed E-state index contributed by atoms with van der Waals surface area (Å²) < 4.78 is 13.3. The predicted molar refractivity (Wildman–Crippen MR) is 114 cm³/mol. The molecule has 0 saturated carbocycles. The summed E-state index contributed by atoms with van der Waals surface area (Å²) in [5.74, 6) is 0.918. The molecule has 10 heteroatoms. The zero-order valence-electron chi connectivity index (χ0n) is 17.5. The van der Waals surface area contributed by atoms with Crippen molar-refractivity contribution in [1.29, 1.82) is 0 Å². The molecule has 164 valence electrons. The first-order chi connectivity index (χ1) is 15.2. The number of carbonyl (C=O) groups excluding carboxylic acids is 1. The van der Waals surface area contributed by atoms with Crippen molar-refractivity contribution >= 4 is 23.0 Å². The quantitative estimate of drug-likeness (QED) is 0.319. The summed E-state index contributed by atoms with van der Waals surface area (Å²) in [6.45, 7) is 5.98. The van der Waals surface area contributed by atoms with Crippen LogP contribution in [0.2, 0.25) is 0 Å². The highest BCUT2D eigenvalue weighted by Gasteiger charge is 2.20. The Hall–Kier alpha value is -3.24. The zero-order valence-corrected chi connectivity index (χ0v) is 17.5. The van der Waals surface area contributed by atoms with Crippen LogP contribution in [-0.2, 0) is 16.1 Å². The fraction of sp³-hybridized carbons (Fsp3) is 0.429. The number of aromatic nitrogens is 4. The lowest BCUT2D eigenvalue weighted by Gasteiger charge is -2.27. The Labute approximate surface area is 179 Å². The third-order valence-corrected chi connectivity index (χ3v) is 5.14. The molecule has 3 heterocycles. The SMILES string of the molecule is CCn1cnc2c(-c3cccc(OCCCC(=O)NO)c3)nc(N3CCOCC3)nc21. The highest BCUT2D eigenvalue weighted by Crippen LogP contribution is 2.30. The van der Waals surface area contributed by atoms with E-state index in [1.807, 2.05) is 28.8 Å². The minimum Gasteiger partial charge on any atom is -0.494 e. The maximum absolute atomic E-state index is 11.1. The van der Waals surface area contributed by atoms with E-state index >= 15 is 0 Å². The second-order valence-electron chi connectivity index (χ2n) is 7.19. The molecule has 1 fully saturated rings. The number of nitrogens with one attached hydrogen (secondary N) is 1. The number of nitrogens with zero attached hydrogens (tertiary/aromatic N) is 5. The molecule has 10 nitrogen and oxygen atoms in total. The van der Waals surface area contributed by atoms with Crippen LogP contribution < -0.4 is 15.1 Å². The van der Waals surface area contributed by atoms with Gasteiger partial charge in [0.05, 0.1) is 26.1 Å². The molecule has 0 aliphatic carbocycles. The number of benzene rings is 1. The van der Waals surface area contributed by atoms with Gasteiger partial charge in [-0.1, -0.05) is 12.1 Å². The number of aryl methyl sites for hydroxylation is 1. The fourth-order valence-electron chi connectivity index (χ4n) is 3.48. The number of anilines is 1. The lowest BCUT2D eigenvalue weighted by molar-refractivity contribution is -0.129. The lowest BCUT2D eigenvalue weighted by Crippen LogP contribution is -2.37. The zero-order chi connectivity index (χ0) is 21.6. The first-order valence-electron chi connectivity index (χ1n) is 10.4. The number of imidazole rings is 1. The van der Waals surface area contributed by atoms with Crippen LogP contribution in [0.25, 0.3) is 22.4 Å². The summed E-state index contributed by atoms with van der Waals surface area (Å²) in [6.07, 6.45) is 2.48. The summed E-state index contributed by atoms with van der Waals surface area (Å²) in [5, 5.41) is 8.57. The first kappa shape index (κ1) is 21.0. The number of hydroxylamine groups is 1. The van der Waals surface area contributed by atoms with Gasteiger partial charge in [-0.2, -0.15) is 4.98 Å². The summed E-state index contributed by atoms with van der Waals surface area (Å²) in [7, 11) is 0. The maximum Gasteiger partial charge on any atom is 0.243 e. The molecule has 0 spiro atoms. The molecule has 31 heavy (non-hydrogen) atoms. The highest BCUT2D eigenvalue weighted by atomic mass is 16.5. The molecule has 3 aromatic rings. The van der Waals surface area contributed by atoms with E-state index in [0.717, 1.165) is 42.1 Å². The number of ether oxygens (including phenoxy) is 2. The van der Waals surface area contributed by atoms with E-state index in [9.17, 15) is 4.79 Å². The Bertz CT molecular complexity index is 1050. The van der Waals surface area contributed by atoms with E-state index in [2.05, 4.69) is 16.8 Å². The van der Waals surface area contributed by atoms with Crippen molar-refractivity contribution in [2.75, 3.05) is 37.8 Å². The Balaban J connectivity index is 1.63. The molecule has 0 atom stereocenters. The summed E-state index contributed by atoms with van der Waals surface area (Å²) in [6, 6.07) is 7.66. The van der Waals surface area contributed by atoms with Crippen molar-refractivity contribution in [3.8, 4) is 17.0 Å². The fourth-order valence-corrected chi connectivity index (χ4v) is 3.48.